The lowest BCUT2D eigenvalue weighted by Crippen LogP contribution is -2.32. The van der Waals surface area contributed by atoms with Gasteiger partial charge < -0.3 is 19.5 Å². The van der Waals surface area contributed by atoms with Crippen LogP contribution in [0.15, 0.2) is 48.0 Å². The highest BCUT2D eigenvalue weighted by molar-refractivity contribution is 6.46. The fourth-order valence-electron chi connectivity index (χ4n) is 3.61. The fraction of sp³-hybridized carbons (Fsp3) is 0.273. The molecule has 162 valence electrons. The monoisotopic (exact) mass is 426 g/mol. The highest BCUT2D eigenvalue weighted by atomic mass is 16.6. The van der Waals surface area contributed by atoms with Gasteiger partial charge in [-0.15, -0.1) is 0 Å². The zero-order chi connectivity index (χ0) is 22.7. The molecule has 1 unspecified atom stereocenters. The molecule has 1 heterocycles. The van der Waals surface area contributed by atoms with Crippen LogP contribution in [0.3, 0.4) is 0 Å². The van der Waals surface area contributed by atoms with E-state index in [0.717, 1.165) is 5.56 Å². The minimum Gasteiger partial charge on any atom is -0.507 e. The Morgan fingerprint density at radius 2 is 1.84 bits per heavy atom. The van der Waals surface area contributed by atoms with Crippen molar-refractivity contribution in [1.29, 1.82) is 0 Å². The van der Waals surface area contributed by atoms with Crippen molar-refractivity contribution >= 4 is 23.1 Å². The van der Waals surface area contributed by atoms with E-state index in [4.69, 9.17) is 9.47 Å². The maximum atomic E-state index is 12.9. The second-order valence-electron chi connectivity index (χ2n) is 7.02. The lowest BCUT2D eigenvalue weighted by atomic mass is 9.94. The fourth-order valence-corrected chi connectivity index (χ4v) is 3.61. The molecule has 0 bridgehead atoms. The van der Waals surface area contributed by atoms with Crippen molar-refractivity contribution in [3.63, 3.8) is 0 Å². The first kappa shape index (κ1) is 22.0. The molecule has 0 saturated carbocycles. The number of amides is 1. The van der Waals surface area contributed by atoms with Gasteiger partial charge in [-0.1, -0.05) is 0 Å². The van der Waals surface area contributed by atoms with Gasteiger partial charge in [0.15, 0.2) is 0 Å². The van der Waals surface area contributed by atoms with Crippen LogP contribution >= 0.6 is 0 Å². The molecule has 3 rings (SSSR count). The van der Waals surface area contributed by atoms with Gasteiger partial charge >= 0.3 is 0 Å². The highest BCUT2D eigenvalue weighted by Gasteiger charge is 2.46. The molecule has 1 aliphatic heterocycles. The van der Waals surface area contributed by atoms with Gasteiger partial charge in [0.25, 0.3) is 17.4 Å². The summed E-state index contributed by atoms with van der Waals surface area (Å²) in [5.74, 6) is -1.31. The predicted molar refractivity (Wildman–Crippen MR) is 112 cm³/mol. The average Bonchev–Trinajstić information content (AvgIpc) is 3.01. The van der Waals surface area contributed by atoms with E-state index in [2.05, 4.69) is 0 Å². The molecule has 1 saturated heterocycles. The van der Waals surface area contributed by atoms with E-state index in [-0.39, 0.29) is 30.2 Å². The van der Waals surface area contributed by atoms with Crippen molar-refractivity contribution < 1.29 is 29.1 Å². The number of aliphatic hydroxyl groups is 1. The molecule has 0 spiro atoms. The van der Waals surface area contributed by atoms with Gasteiger partial charge in [0, 0.05) is 31.4 Å². The molecule has 1 fully saturated rings. The smallest absolute Gasteiger partial charge is 0.295 e. The number of rotatable bonds is 7. The third kappa shape index (κ3) is 4.13. The number of ketones is 1. The van der Waals surface area contributed by atoms with E-state index in [0.29, 0.717) is 16.9 Å². The summed E-state index contributed by atoms with van der Waals surface area (Å²) in [5.41, 5.74) is 1.36. The topological polar surface area (TPSA) is 119 Å². The summed E-state index contributed by atoms with van der Waals surface area (Å²) in [4.78, 5) is 37.4. The van der Waals surface area contributed by atoms with Crippen molar-refractivity contribution in [2.24, 2.45) is 0 Å². The Kier molecular flexibility index (Phi) is 6.36. The Morgan fingerprint density at radius 1 is 1.16 bits per heavy atom. The molecule has 9 heteroatoms. The normalized spacial score (nSPS) is 17.8. The quantitative estimate of drug-likeness (QED) is 0.238. The number of carbonyl (C=O) groups is 2. The van der Waals surface area contributed by atoms with Crippen molar-refractivity contribution in [1.82, 2.24) is 4.90 Å². The van der Waals surface area contributed by atoms with Crippen LogP contribution in [0.5, 0.6) is 5.75 Å². The van der Waals surface area contributed by atoms with Crippen LogP contribution in [0.1, 0.15) is 22.7 Å². The first-order valence-corrected chi connectivity index (χ1v) is 9.46. The van der Waals surface area contributed by atoms with E-state index in [1.807, 2.05) is 0 Å². The SMILES string of the molecule is COCCN1C(=O)C(=O)/C(=C(/O)c2ccc(OC)c(C)c2)C1c1ccc([N+](=O)[O-])cc1. The molecular formula is C22H22N2O7. The number of nitro benzene ring substituents is 1. The molecule has 1 aliphatic rings. The first-order valence-electron chi connectivity index (χ1n) is 9.46. The lowest BCUT2D eigenvalue weighted by molar-refractivity contribution is -0.384. The number of non-ortho nitro benzene ring substituents is 1. The summed E-state index contributed by atoms with van der Waals surface area (Å²) in [7, 11) is 3.00. The molecule has 2 aromatic carbocycles. The van der Waals surface area contributed by atoms with Gasteiger partial charge in [-0.3, -0.25) is 19.7 Å². The average molecular weight is 426 g/mol. The van der Waals surface area contributed by atoms with Gasteiger partial charge in [-0.25, -0.2) is 0 Å². The number of Topliss-reactive ketones (excluding diaryl/α,β-unsaturated/α-hetero) is 1. The first-order chi connectivity index (χ1) is 14.8. The van der Waals surface area contributed by atoms with E-state index in [9.17, 15) is 24.8 Å². The maximum Gasteiger partial charge on any atom is 0.295 e. The number of hydrogen-bond donors (Lipinski definition) is 1. The van der Waals surface area contributed by atoms with Crippen LogP contribution < -0.4 is 4.74 Å². The third-order valence-electron chi connectivity index (χ3n) is 5.16. The van der Waals surface area contributed by atoms with Gasteiger partial charge in [0.2, 0.25) is 0 Å². The molecule has 0 radical (unpaired) electrons. The van der Waals surface area contributed by atoms with Gasteiger partial charge in [0.05, 0.1) is 30.3 Å². The number of nitrogens with zero attached hydrogens (tertiary/aromatic N) is 2. The molecule has 1 atom stereocenters. The minimum atomic E-state index is -0.904. The summed E-state index contributed by atoms with van der Waals surface area (Å²) in [6.45, 7) is 2.08. The van der Waals surface area contributed by atoms with Crippen LogP contribution in [0.25, 0.3) is 5.76 Å². The van der Waals surface area contributed by atoms with E-state index in [1.54, 1.807) is 25.1 Å². The van der Waals surface area contributed by atoms with E-state index < -0.39 is 22.7 Å². The zero-order valence-electron chi connectivity index (χ0n) is 17.3. The van der Waals surface area contributed by atoms with E-state index in [1.165, 1.54) is 43.4 Å². The molecular weight excluding hydrogens is 404 g/mol. The number of aliphatic hydroxyl groups excluding tert-OH is 1. The minimum absolute atomic E-state index is 0.0838. The van der Waals surface area contributed by atoms with Gasteiger partial charge in [0.1, 0.15) is 11.5 Å². The molecule has 0 aliphatic carbocycles. The summed E-state index contributed by atoms with van der Waals surface area (Å²) in [5, 5.41) is 22.0. The molecule has 9 nitrogen and oxygen atoms in total. The van der Waals surface area contributed by atoms with Gasteiger partial charge in [-0.2, -0.15) is 0 Å². The summed E-state index contributed by atoms with van der Waals surface area (Å²) < 4.78 is 10.3. The number of ether oxygens (including phenoxy) is 2. The molecule has 2 aromatic rings. The molecule has 0 aromatic heterocycles. The highest BCUT2D eigenvalue weighted by Crippen LogP contribution is 2.40. The van der Waals surface area contributed by atoms with Crippen LogP contribution in [0.4, 0.5) is 5.69 Å². The van der Waals surface area contributed by atoms with Crippen molar-refractivity contribution in [2.45, 2.75) is 13.0 Å². The largest absolute Gasteiger partial charge is 0.507 e. The summed E-state index contributed by atoms with van der Waals surface area (Å²) in [6, 6.07) is 9.54. The van der Waals surface area contributed by atoms with Crippen LogP contribution in [-0.2, 0) is 14.3 Å². The third-order valence-corrected chi connectivity index (χ3v) is 5.16. The van der Waals surface area contributed by atoms with E-state index >= 15 is 0 Å². The summed E-state index contributed by atoms with van der Waals surface area (Å²) >= 11 is 0. The Balaban J connectivity index is 2.15. The lowest BCUT2D eigenvalue weighted by Gasteiger charge is -2.25. The number of hydrogen-bond acceptors (Lipinski definition) is 7. The Bertz CT molecular complexity index is 1060. The Labute approximate surface area is 178 Å². The number of methoxy groups -OCH3 is 2. The maximum absolute atomic E-state index is 12.9. The van der Waals surface area contributed by atoms with Crippen LogP contribution in [0, 0.1) is 17.0 Å². The van der Waals surface area contributed by atoms with Crippen LogP contribution in [-0.4, -0.2) is 54.0 Å². The Hall–Kier alpha value is -3.72. The van der Waals surface area contributed by atoms with Crippen molar-refractivity contribution in [3.8, 4) is 5.75 Å². The van der Waals surface area contributed by atoms with Crippen LogP contribution in [0.2, 0.25) is 0 Å². The zero-order valence-corrected chi connectivity index (χ0v) is 17.3. The molecule has 31 heavy (non-hydrogen) atoms. The number of aryl methyl sites for hydroxylation is 1. The number of likely N-dealkylation sites (tertiary alicyclic amines) is 1. The van der Waals surface area contributed by atoms with Crippen molar-refractivity contribution in [3.05, 3.63) is 74.8 Å². The second-order valence-corrected chi connectivity index (χ2v) is 7.02. The second kappa shape index (κ2) is 8.97. The predicted octanol–water partition coefficient (Wildman–Crippen LogP) is 2.98. The molecule has 1 N–H and O–H groups in total. The number of benzene rings is 2. The summed E-state index contributed by atoms with van der Waals surface area (Å²) in [6.07, 6.45) is 0. The standard InChI is InChI=1S/C22H22N2O7/c1-13-12-15(6-9-17(13)31-3)20(25)18-19(14-4-7-16(8-5-14)24(28)29)23(10-11-30-2)22(27)21(18)26/h4-9,12,19,25H,10-11H2,1-3H3/b20-18+. The number of nitro groups is 1. The number of carbonyl (C=O) groups excluding carboxylic acids is 2. The van der Waals surface area contributed by atoms with Gasteiger partial charge in [-0.05, 0) is 48.4 Å². The Morgan fingerprint density at radius 3 is 2.39 bits per heavy atom. The molecule has 1 amide bonds. The van der Waals surface area contributed by atoms with Crippen molar-refractivity contribution in [2.75, 3.05) is 27.4 Å².